The molecule has 1 N–H and O–H groups in total. The number of pyridine rings is 2. The van der Waals surface area contributed by atoms with Gasteiger partial charge in [0.05, 0.1) is 26.5 Å². The SMILES string of the molecule is COc1cncc(C2=CCC3NC(c4ccnc(OC)c4)=CC3=C2)c1. The molecule has 2 aromatic heterocycles. The first-order chi connectivity index (χ1) is 12.3. The average molecular weight is 333 g/mol. The quantitative estimate of drug-likeness (QED) is 0.931. The van der Waals surface area contributed by atoms with Gasteiger partial charge in [0.2, 0.25) is 5.88 Å². The van der Waals surface area contributed by atoms with Gasteiger partial charge in [0.25, 0.3) is 0 Å². The van der Waals surface area contributed by atoms with Crippen LogP contribution in [-0.2, 0) is 0 Å². The molecule has 0 spiro atoms. The van der Waals surface area contributed by atoms with Gasteiger partial charge in [-0.1, -0.05) is 6.08 Å². The second-order valence-corrected chi connectivity index (χ2v) is 5.99. The van der Waals surface area contributed by atoms with Gasteiger partial charge in [-0.05, 0) is 41.9 Å². The van der Waals surface area contributed by atoms with Gasteiger partial charge in [-0.15, -0.1) is 0 Å². The van der Waals surface area contributed by atoms with E-state index < -0.39 is 0 Å². The lowest BCUT2D eigenvalue weighted by atomic mass is 9.93. The minimum absolute atomic E-state index is 0.302. The van der Waals surface area contributed by atoms with Crippen LogP contribution in [-0.4, -0.2) is 30.2 Å². The largest absolute Gasteiger partial charge is 0.495 e. The van der Waals surface area contributed by atoms with Gasteiger partial charge in [0.1, 0.15) is 5.75 Å². The molecule has 5 nitrogen and oxygen atoms in total. The second-order valence-electron chi connectivity index (χ2n) is 5.99. The summed E-state index contributed by atoms with van der Waals surface area (Å²) in [5, 5.41) is 3.58. The monoisotopic (exact) mass is 333 g/mol. The smallest absolute Gasteiger partial charge is 0.213 e. The lowest BCUT2D eigenvalue weighted by molar-refractivity contribution is 0.397. The Kier molecular flexibility index (Phi) is 3.98. The minimum Gasteiger partial charge on any atom is -0.495 e. The number of rotatable bonds is 4. The summed E-state index contributed by atoms with van der Waals surface area (Å²) < 4.78 is 10.5. The first-order valence-electron chi connectivity index (χ1n) is 8.16. The summed E-state index contributed by atoms with van der Waals surface area (Å²) in [5.74, 6) is 1.38. The van der Waals surface area contributed by atoms with E-state index in [1.54, 1.807) is 26.6 Å². The molecule has 126 valence electrons. The molecule has 0 radical (unpaired) electrons. The van der Waals surface area contributed by atoms with Gasteiger partial charge in [-0.2, -0.15) is 0 Å². The van der Waals surface area contributed by atoms with Crippen LogP contribution in [0.15, 0.2) is 60.6 Å². The highest BCUT2D eigenvalue weighted by Crippen LogP contribution is 2.33. The lowest BCUT2D eigenvalue weighted by Crippen LogP contribution is -2.24. The first kappa shape index (κ1) is 15.4. The predicted octanol–water partition coefficient (Wildman–Crippen LogP) is 3.22. The Labute approximate surface area is 146 Å². The fraction of sp³-hybridized carbons (Fsp3) is 0.200. The van der Waals surface area contributed by atoms with E-state index in [2.05, 4.69) is 33.5 Å². The molecule has 0 fully saturated rings. The summed E-state index contributed by atoms with van der Waals surface area (Å²) in [6, 6.07) is 6.24. The normalized spacial score (nSPS) is 18.5. The van der Waals surface area contributed by atoms with Crippen molar-refractivity contribution in [2.24, 2.45) is 0 Å². The van der Waals surface area contributed by atoms with E-state index in [4.69, 9.17) is 9.47 Å². The van der Waals surface area contributed by atoms with Crippen molar-refractivity contribution in [1.29, 1.82) is 0 Å². The zero-order valence-electron chi connectivity index (χ0n) is 14.2. The second kappa shape index (κ2) is 6.43. The third-order valence-corrected chi connectivity index (χ3v) is 4.48. The molecule has 4 rings (SSSR count). The van der Waals surface area contributed by atoms with E-state index in [9.17, 15) is 0 Å². The number of hydrogen-bond donors (Lipinski definition) is 1. The molecular formula is C20H19N3O2. The van der Waals surface area contributed by atoms with Crippen LogP contribution < -0.4 is 14.8 Å². The zero-order chi connectivity index (χ0) is 17.2. The Morgan fingerprint density at radius 1 is 1.08 bits per heavy atom. The molecule has 0 aromatic carbocycles. The van der Waals surface area contributed by atoms with Crippen LogP contribution >= 0.6 is 0 Å². The summed E-state index contributed by atoms with van der Waals surface area (Å²) >= 11 is 0. The number of fused-ring (bicyclic) bond motifs is 1. The van der Waals surface area contributed by atoms with Crippen LogP contribution in [0.5, 0.6) is 11.6 Å². The van der Waals surface area contributed by atoms with Gasteiger partial charge in [-0.3, -0.25) is 4.98 Å². The fourth-order valence-electron chi connectivity index (χ4n) is 3.15. The summed E-state index contributed by atoms with van der Waals surface area (Å²) in [7, 11) is 3.28. The molecule has 0 amide bonds. The summed E-state index contributed by atoms with van der Waals surface area (Å²) in [5.41, 5.74) is 5.68. The topological polar surface area (TPSA) is 56.3 Å². The van der Waals surface area contributed by atoms with Crippen molar-refractivity contribution in [1.82, 2.24) is 15.3 Å². The highest BCUT2D eigenvalue weighted by Gasteiger charge is 2.24. The van der Waals surface area contributed by atoms with Crippen LogP contribution in [0.1, 0.15) is 17.5 Å². The molecule has 1 aliphatic carbocycles. The first-order valence-corrected chi connectivity index (χ1v) is 8.16. The zero-order valence-corrected chi connectivity index (χ0v) is 14.2. The predicted molar refractivity (Wildman–Crippen MR) is 97.2 cm³/mol. The molecule has 1 atom stereocenters. The van der Waals surface area contributed by atoms with Gasteiger partial charge < -0.3 is 14.8 Å². The van der Waals surface area contributed by atoms with Crippen molar-refractivity contribution in [2.45, 2.75) is 12.5 Å². The third kappa shape index (κ3) is 3.01. The number of aromatic nitrogens is 2. The Morgan fingerprint density at radius 2 is 2.00 bits per heavy atom. The number of nitrogens with one attached hydrogen (secondary N) is 1. The molecular weight excluding hydrogens is 314 g/mol. The fourth-order valence-corrected chi connectivity index (χ4v) is 3.15. The summed E-state index contributed by atoms with van der Waals surface area (Å²) in [6.45, 7) is 0. The third-order valence-electron chi connectivity index (χ3n) is 4.48. The van der Waals surface area contributed by atoms with E-state index in [0.717, 1.165) is 29.0 Å². The lowest BCUT2D eigenvalue weighted by Gasteiger charge is -2.19. The summed E-state index contributed by atoms with van der Waals surface area (Å²) in [4.78, 5) is 8.42. The maximum absolute atomic E-state index is 5.28. The Morgan fingerprint density at radius 3 is 2.84 bits per heavy atom. The molecule has 0 saturated carbocycles. The van der Waals surface area contributed by atoms with Gasteiger partial charge in [-0.25, -0.2) is 4.98 Å². The van der Waals surface area contributed by atoms with Crippen molar-refractivity contribution in [3.63, 3.8) is 0 Å². The summed E-state index contributed by atoms with van der Waals surface area (Å²) in [6.07, 6.45) is 12.9. The standard InChI is InChI=1S/C20H19N3O2/c1-24-17-8-16(11-21-12-17)13-3-4-18-15(7-13)9-19(23-18)14-5-6-22-20(10-14)25-2/h3,5-12,18,23H,4H2,1-2H3. The van der Waals surface area contributed by atoms with Crippen molar-refractivity contribution >= 4 is 11.3 Å². The molecule has 5 heteroatoms. The Hall–Kier alpha value is -3.08. The van der Waals surface area contributed by atoms with Crippen molar-refractivity contribution in [3.8, 4) is 11.6 Å². The number of ether oxygens (including phenoxy) is 2. The number of methoxy groups -OCH3 is 2. The molecule has 0 saturated heterocycles. The van der Waals surface area contributed by atoms with Crippen molar-refractivity contribution in [3.05, 3.63) is 71.7 Å². The molecule has 1 aliphatic heterocycles. The van der Waals surface area contributed by atoms with E-state index in [1.165, 1.54) is 11.1 Å². The van der Waals surface area contributed by atoms with Gasteiger partial charge in [0, 0.05) is 35.3 Å². The molecule has 3 heterocycles. The number of hydrogen-bond acceptors (Lipinski definition) is 5. The van der Waals surface area contributed by atoms with E-state index >= 15 is 0 Å². The molecule has 25 heavy (non-hydrogen) atoms. The average Bonchev–Trinajstić information content (AvgIpc) is 3.11. The Bertz CT molecular complexity index is 899. The molecule has 0 bridgehead atoms. The van der Waals surface area contributed by atoms with Gasteiger partial charge in [0.15, 0.2) is 0 Å². The minimum atomic E-state index is 0.302. The van der Waals surface area contributed by atoms with Crippen LogP contribution in [0.2, 0.25) is 0 Å². The van der Waals surface area contributed by atoms with Crippen LogP contribution in [0, 0.1) is 0 Å². The molecule has 2 aliphatic rings. The van der Waals surface area contributed by atoms with Gasteiger partial charge >= 0.3 is 0 Å². The van der Waals surface area contributed by atoms with Crippen molar-refractivity contribution < 1.29 is 9.47 Å². The van der Waals surface area contributed by atoms with E-state index in [-0.39, 0.29) is 0 Å². The number of allylic oxidation sites excluding steroid dienone is 2. The van der Waals surface area contributed by atoms with Crippen LogP contribution in [0.25, 0.3) is 11.3 Å². The Balaban J connectivity index is 1.63. The maximum atomic E-state index is 5.28. The van der Waals surface area contributed by atoms with Crippen molar-refractivity contribution in [2.75, 3.05) is 14.2 Å². The number of nitrogens with zero attached hydrogens (tertiary/aromatic N) is 2. The van der Waals surface area contributed by atoms with Crippen LogP contribution in [0.3, 0.4) is 0 Å². The maximum Gasteiger partial charge on any atom is 0.213 e. The van der Waals surface area contributed by atoms with Crippen LogP contribution in [0.4, 0.5) is 0 Å². The van der Waals surface area contributed by atoms with E-state index in [1.807, 2.05) is 24.4 Å². The highest BCUT2D eigenvalue weighted by atomic mass is 16.5. The van der Waals surface area contributed by atoms with E-state index in [0.29, 0.717) is 11.9 Å². The molecule has 1 unspecified atom stereocenters. The molecule has 2 aromatic rings. The highest BCUT2D eigenvalue weighted by molar-refractivity contribution is 5.81.